The third-order valence-electron chi connectivity index (χ3n) is 1.47. The van der Waals surface area contributed by atoms with Crippen molar-refractivity contribution in [3.8, 4) is 0 Å². The van der Waals surface area contributed by atoms with Gasteiger partial charge in [0.15, 0.2) is 0 Å². The van der Waals surface area contributed by atoms with Gasteiger partial charge in [-0.15, -0.1) is 0 Å². The molecule has 0 aliphatic rings. The Morgan fingerprint density at radius 3 is 2.55 bits per heavy atom. The predicted octanol–water partition coefficient (Wildman–Crippen LogP) is 3.87. The molecule has 0 heteroatoms. The summed E-state index contributed by atoms with van der Waals surface area (Å²) in [4.78, 5) is 0. The molecule has 0 saturated carbocycles. The van der Waals surface area contributed by atoms with E-state index in [1.54, 1.807) is 6.08 Å². The van der Waals surface area contributed by atoms with Gasteiger partial charge in [0.1, 0.15) is 0 Å². The maximum absolute atomic E-state index is 3.59. The lowest BCUT2D eigenvalue weighted by atomic mass is 10.2. The van der Waals surface area contributed by atoms with Gasteiger partial charge in [0.2, 0.25) is 0 Å². The van der Waals surface area contributed by atoms with Crippen LogP contribution >= 0.6 is 0 Å². The summed E-state index contributed by atoms with van der Waals surface area (Å²) in [5.74, 6) is 0. The Kier molecular flexibility index (Phi) is 8.57. The number of rotatable bonds is 6. The third kappa shape index (κ3) is 9.22. The van der Waals surface area contributed by atoms with Crippen molar-refractivity contribution in [2.45, 2.75) is 32.6 Å². The van der Waals surface area contributed by atoms with Gasteiger partial charge in [-0.25, -0.2) is 0 Å². The molecular formula is C11H18. The van der Waals surface area contributed by atoms with E-state index in [2.05, 4.69) is 25.7 Å². The van der Waals surface area contributed by atoms with Crippen molar-refractivity contribution in [2.75, 3.05) is 0 Å². The fourth-order valence-electron chi connectivity index (χ4n) is 0.830. The average molecular weight is 150 g/mol. The van der Waals surface area contributed by atoms with Crippen LogP contribution < -0.4 is 0 Å². The molecule has 0 radical (unpaired) electrons. The summed E-state index contributed by atoms with van der Waals surface area (Å²) < 4.78 is 0. The van der Waals surface area contributed by atoms with E-state index in [1.807, 2.05) is 12.2 Å². The van der Waals surface area contributed by atoms with Crippen molar-refractivity contribution in [1.29, 1.82) is 0 Å². The smallest absolute Gasteiger partial charge is 0.0348 e. The molecule has 11 heavy (non-hydrogen) atoms. The minimum absolute atomic E-state index is 1.20. The summed E-state index contributed by atoms with van der Waals surface area (Å²) in [6, 6.07) is 0. The zero-order chi connectivity index (χ0) is 8.36. The maximum atomic E-state index is 3.59. The van der Waals surface area contributed by atoms with Gasteiger partial charge >= 0.3 is 0 Å². The first-order valence-electron chi connectivity index (χ1n) is 4.36. The van der Waals surface area contributed by atoms with E-state index in [0.717, 1.165) is 0 Å². The molecule has 0 aromatic rings. The van der Waals surface area contributed by atoms with E-state index in [0.29, 0.717) is 0 Å². The van der Waals surface area contributed by atoms with Gasteiger partial charge < -0.3 is 0 Å². The highest BCUT2D eigenvalue weighted by Crippen LogP contribution is 1.99. The van der Waals surface area contributed by atoms with Gasteiger partial charge in [-0.1, -0.05) is 56.7 Å². The zero-order valence-electron chi connectivity index (χ0n) is 7.42. The van der Waals surface area contributed by atoms with Crippen LogP contribution in [-0.4, -0.2) is 0 Å². The summed E-state index contributed by atoms with van der Waals surface area (Å²) in [5, 5.41) is 0. The molecule has 0 unspecified atom stereocenters. The fraction of sp³-hybridized carbons (Fsp3) is 0.455. The summed E-state index contributed by atoms with van der Waals surface area (Å²) in [6.07, 6.45) is 15.2. The number of hydrogen-bond acceptors (Lipinski definition) is 0. The molecular weight excluding hydrogens is 132 g/mol. The molecule has 0 saturated heterocycles. The van der Waals surface area contributed by atoms with Crippen LogP contribution in [-0.2, 0) is 0 Å². The summed E-state index contributed by atoms with van der Waals surface area (Å²) in [6.45, 7) is 5.81. The highest BCUT2D eigenvalue weighted by molar-refractivity contribution is 5.08. The van der Waals surface area contributed by atoms with Gasteiger partial charge in [0, 0.05) is 0 Å². The Labute approximate surface area is 70.3 Å². The van der Waals surface area contributed by atoms with Crippen LogP contribution in [0, 0.1) is 0 Å². The van der Waals surface area contributed by atoms with Gasteiger partial charge in [-0.05, 0) is 12.8 Å². The van der Waals surface area contributed by atoms with E-state index >= 15 is 0 Å². The molecule has 0 aliphatic heterocycles. The van der Waals surface area contributed by atoms with Crippen LogP contribution in [0.15, 0.2) is 37.0 Å². The van der Waals surface area contributed by atoms with Crippen molar-refractivity contribution in [3.05, 3.63) is 37.0 Å². The normalized spacial score (nSPS) is 11.4. The van der Waals surface area contributed by atoms with Crippen LogP contribution in [0.4, 0.5) is 0 Å². The molecule has 0 heterocycles. The lowest BCUT2D eigenvalue weighted by Gasteiger charge is -1.89. The van der Waals surface area contributed by atoms with E-state index in [9.17, 15) is 0 Å². The van der Waals surface area contributed by atoms with E-state index in [1.165, 1.54) is 25.7 Å². The molecule has 0 spiro atoms. The first-order valence-corrected chi connectivity index (χ1v) is 4.36. The van der Waals surface area contributed by atoms with Crippen molar-refractivity contribution in [2.24, 2.45) is 0 Å². The molecule has 62 valence electrons. The van der Waals surface area contributed by atoms with Gasteiger partial charge in [0.05, 0.1) is 0 Å². The molecule has 0 aliphatic carbocycles. The standard InChI is InChI=1S/C11H18/c1-3-5-7-9-11-10-8-6-4-2/h3,5,7,9,11H,1,4,6,8,10H2,2H3/b7-5+,11-9+. The summed E-state index contributed by atoms with van der Waals surface area (Å²) >= 11 is 0. The first-order chi connectivity index (χ1) is 5.41. The van der Waals surface area contributed by atoms with Crippen molar-refractivity contribution in [3.63, 3.8) is 0 Å². The van der Waals surface area contributed by atoms with E-state index < -0.39 is 0 Å². The molecule has 0 bridgehead atoms. The minimum atomic E-state index is 1.20. The fourth-order valence-corrected chi connectivity index (χ4v) is 0.830. The lowest BCUT2D eigenvalue weighted by molar-refractivity contribution is 0.729. The third-order valence-corrected chi connectivity index (χ3v) is 1.47. The highest BCUT2D eigenvalue weighted by Gasteiger charge is 1.79. The molecule has 0 N–H and O–H groups in total. The molecule has 0 amide bonds. The quantitative estimate of drug-likeness (QED) is 0.398. The largest absolute Gasteiger partial charge is 0.0991 e. The van der Waals surface area contributed by atoms with E-state index in [-0.39, 0.29) is 0 Å². The van der Waals surface area contributed by atoms with Gasteiger partial charge in [-0.3, -0.25) is 0 Å². The number of allylic oxidation sites excluding steroid dienone is 5. The molecule has 0 atom stereocenters. The van der Waals surface area contributed by atoms with Crippen molar-refractivity contribution >= 4 is 0 Å². The Morgan fingerprint density at radius 1 is 1.09 bits per heavy atom. The van der Waals surface area contributed by atoms with Gasteiger partial charge in [0.25, 0.3) is 0 Å². The highest BCUT2D eigenvalue weighted by atomic mass is 13.9. The second-order valence-corrected chi connectivity index (χ2v) is 2.54. The van der Waals surface area contributed by atoms with Crippen LogP contribution in [0.1, 0.15) is 32.6 Å². The maximum Gasteiger partial charge on any atom is -0.0348 e. The molecule has 0 fully saturated rings. The SMILES string of the molecule is C=C/C=C/C=C/CCCCC. The molecule has 0 nitrogen and oxygen atoms in total. The lowest BCUT2D eigenvalue weighted by Crippen LogP contribution is -1.69. The second kappa shape index (κ2) is 9.22. The minimum Gasteiger partial charge on any atom is -0.0991 e. The predicted molar refractivity (Wildman–Crippen MR) is 52.6 cm³/mol. The Bertz CT molecular complexity index is 129. The number of hydrogen-bond donors (Lipinski definition) is 0. The molecule has 0 rings (SSSR count). The van der Waals surface area contributed by atoms with Crippen molar-refractivity contribution < 1.29 is 0 Å². The van der Waals surface area contributed by atoms with Crippen molar-refractivity contribution in [1.82, 2.24) is 0 Å². The Morgan fingerprint density at radius 2 is 1.91 bits per heavy atom. The number of unbranched alkanes of at least 4 members (excludes halogenated alkanes) is 3. The summed E-state index contributed by atoms with van der Waals surface area (Å²) in [7, 11) is 0. The molecule has 0 aromatic heterocycles. The van der Waals surface area contributed by atoms with Crippen LogP contribution in [0.25, 0.3) is 0 Å². The molecule has 0 aromatic carbocycles. The zero-order valence-corrected chi connectivity index (χ0v) is 7.42. The Balaban J connectivity index is 3.15. The van der Waals surface area contributed by atoms with Crippen LogP contribution in [0.3, 0.4) is 0 Å². The Hall–Kier alpha value is -0.780. The monoisotopic (exact) mass is 150 g/mol. The van der Waals surface area contributed by atoms with Gasteiger partial charge in [-0.2, -0.15) is 0 Å². The first kappa shape index (κ1) is 10.2. The van der Waals surface area contributed by atoms with E-state index in [4.69, 9.17) is 0 Å². The van der Waals surface area contributed by atoms with Crippen LogP contribution in [0.5, 0.6) is 0 Å². The van der Waals surface area contributed by atoms with Crippen LogP contribution in [0.2, 0.25) is 0 Å². The topological polar surface area (TPSA) is 0 Å². The summed E-state index contributed by atoms with van der Waals surface area (Å²) in [5.41, 5.74) is 0. The average Bonchev–Trinajstić information content (AvgIpc) is 2.03. The second-order valence-electron chi connectivity index (χ2n) is 2.54.